The van der Waals surface area contributed by atoms with Crippen molar-refractivity contribution < 1.29 is 18.3 Å². The second-order valence-electron chi connectivity index (χ2n) is 5.34. The second kappa shape index (κ2) is 8.68. The normalized spacial score (nSPS) is 10.5. The number of hydrogen-bond donors (Lipinski definition) is 0. The van der Waals surface area contributed by atoms with Gasteiger partial charge in [-0.05, 0) is 31.2 Å². The molecule has 2 rings (SSSR count). The van der Waals surface area contributed by atoms with Gasteiger partial charge < -0.3 is 9.64 Å². The molecule has 0 saturated carbocycles. The monoisotopic (exact) mass is 351 g/mol. The number of carbonyl (C=O) groups is 1. The molecule has 2 aromatic carbocycles. The third-order valence-corrected chi connectivity index (χ3v) is 4.42. The summed E-state index contributed by atoms with van der Waals surface area (Å²) in [5.74, 6) is -0.587. The van der Waals surface area contributed by atoms with Crippen LogP contribution in [0.4, 0.5) is 8.78 Å². The van der Waals surface area contributed by atoms with Crippen LogP contribution in [0.3, 0.4) is 0 Å². The number of thioether (sulfide) groups is 1. The first kappa shape index (κ1) is 18.3. The first-order chi connectivity index (χ1) is 11.5. The summed E-state index contributed by atoms with van der Waals surface area (Å²) in [5, 5.41) is 0. The molecule has 0 heterocycles. The molecule has 2 aromatic rings. The van der Waals surface area contributed by atoms with Crippen molar-refractivity contribution in [2.24, 2.45) is 0 Å². The van der Waals surface area contributed by atoms with Crippen molar-refractivity contribution in [1.29, 1.82) is 0 Å². The molecule has 128 valence electrons. The molecular weight excluding hydrogens is 332 g/mol. The largest absolute Gasteiger partial charge is 0.492 e. The Hall–Kier alpha value is -2.08. The lowest BCUT2D eigenvalue weighted by Crippen LogP contribution is -2.32. The standard InChI is InChI=1S/C18H19F2NO2S/c1-13-3-6-15(7-4-13)23-10-9-21(2)18(22)12-24-17-8-5-14(19)11-16(17)20/h3-8,11H,9-10,12H2,1-2H3. The van der Waals surface area contributed by atoms with E-state index in [2.05, 4.69) is 0 Å². The molecule has 3 nitrogen and oxygen atoms in total. The fraction of sp³-hybridized carbons (Fsp3) is 0.278. The van der Waals surface area contributed by atoms with Crippen molar-refractivity contribution in [2.45, 2.75) is 11.8 Å². The summed E-state index contributed by atoms with van der Waals surface area (Å²) >= 11 is 1.05. The molecule has 0 spiro atoms. The summed E-state index contributed by atoms with van der Waals surface area (Å²) in [4.78, 5) is 13.8. The SMILES string of the molecule is Cc1ccc(OCCN(C)C(=O)CSc2ccc(F)cc2F)cc1. The van der Waals surface area contributed by atoms with Gasteiger partial charge >= 0.3 is 0 Å². The van der Waals surface area contributed by atoms with Crippen molar-refractivity contribution in [2.75, 3.05) is 26.0 Å². The van der Waals surface area contributed by atoms with Gasteiger partial charge in [-0.25, -0.2) is 8.78 Å². The minimum absolute atomic E-state index is 0.0869. The Morgan fingerprint density at radius 1 is 1.17 bits per heavy atom. The highest BCUT2D eigenvalue weighted by Crippen LogP contribution is 2.22. The first-order valence-electron chi connectivity index (χ1n) is 7.47. The Kier molecular flexibility index (Phi) is 6.61. The van der Waals surface area contributed by atoms with Gasteiger partial charge in [0, 0.05) is 18.0 Å². The van der Waals surface area contributed by atoms with Gasteiger partial charge in [0.1, 0.15) is 24.0 Å². The molecule has 0 bridgehead atoms. The van der Waals surface area contributed by atoms with Gasteiger partial charge in [-0.3, -0.25) is 4.79 Å². The zero-order chi connectivity index (χ0) is 17.5. The van der Waals surface area contributed by atoms with Gasteiger partial charge in [0.05, 0.1) is 12.3 Å². The van der Waals surface area contributed by atoms with E-state index in [0.717, 1.165) is 29.1 Å². The van der Waals surface area contributed by atoms with E-state index in [4.69, 9.17) is 4.74 Å². The number of halogens is 2. The molecule has 6 heteroatoms. The number of hydrogen-bond acceptors (Lipinski definition) is 3. The lowest BCUT2D eigenvalue weighted by atomic mass is 10.2. The van der Waals surface area contributed by atoms with Gasteiger partial charge in [0.2, 0.25) is 5.91 Å². The molecule has 0 atom stereocenters. The highest BCUT2D eigenvalue weighted by atomic mass is 32.2. The molecule has 0 fully saturated rings. The Morgan fingerprint density at radius 2 is 1.88 bits per heavy atom. The summed E-state index contributed by atoms with van der Waals surface area (Å²) in [6, 6.07) is 11.0. The molecule has 0 aromatic heterocycles. The van der Waals surface area contributed by atoms with E-state index in [1.807, 2.05) is 31.2 Å². The number of aryl methyl sites for hydroxylation is 1. The molecule has 0 aliphatic rings. The van der Waals surface area contributed by atoms with Crippen molar-refractivity contribution in [3.8, 4) is 5.75 Å². The van der Waals surface area contributed by atoms with Crippen molar-refractivity contribution >= 4 is 17.7 Å². The maximum atomic E-state index is 13.5. The predicted molar refractivity (Wildman–Crippen MR) is 91.4 cm³/mol. The maximum absolute atomic E-state index is 13.5. The summed E-state index contributed by atoms with van der Waals surface area (Å²) < 4.78 is 31.9. The molecule has 0 N–H and O–H groups in total. The van der Waals surface area contributed by atoms with Crippen molar-refractivity contribution in [1.82, 2.24) is 4.90 Å². The fourth-order valence-corrected chi connectivity index (χ4v) is 2.76. The second-order valence-corrected chi connectivity index (χ2v) is 6.36. The number of likely N-dealkylation sites (N-methyl/N-ethyl adjacent to an activating group) is 1. The quantitative estimate of drug-likeness (QED) is 0.709. The number of rotatable bonds is 7. The van der Waals surface area contributed by atoms with Crippen LogP contribution in [0.2, 0.25) is 0 Å². The van der Waals surface area contributed by atoms with E-state index in [1.54, 1.807) is 7.05 Å². The first-order valence-corrected chi connectivity index (χ1v) is 8.45. The molecule has 0 saturated heterocycles. The molecular formula is C18H19F2NO2S. The molecule has 0 aliphatic carbocycles. The molecule has 0 aliphatic heterocycles. The molecule has 0 radical (unpaired) electrons. The zero-order valence-corrected chi connectivity index (χ0v) is 14.4. The Bertz CT molecular complexity index is 692. The predicted octanol–water partition coefficient (Wildman–Crippen LogP) is 3.90. The minimum Gasteiger partial charge on any atom is -0.492 e. The van der Waals surface area contributed by atoms with E-state index < -0.39 is 11.6 Å². The van der Waals surface area contributed by atoms with Gasteiger partial charge in [0.15, 0.2) is 0 Å². The van der Waals surface area contributed by atoms with Crippen LogP contribution in [0.5, 0.6) is 5.75 Å². The number of nitrogens with zero attached hydrogens (tertiary/aromatic N) is 1. The van der Waals surface area contributed by atoms with Crippen LogP contribution in [0.15, 0.2) is 47.4 Å². The molecule has 0 unspecified atom stereocenters. The van der Waals surface area contributed by atoms with Crippen LogP contribution in [0.25, 0.3) is 0 Å². The van der Waals surface area contributed by atoms with Gasteiger partial charge in [-0.1, -0.05) is 17.7 Å². The van der Waals surface area contributed by atoms with Gasteiger partial charge in [-0.15, -0.1) is 11.8 Å². The summed E-state index contributed by atoms with van der Waals surface area (Å²) in [6.45, 7) is 2.80. The van der Waals surface area contributed by atoms with Crippen LogP contribution in [-0.2, 0) is 4.79 Å². The van der Waals surface area contributed by atoms with E-state index in [0.29, 0.717) is 13.2 Å². The van der Waals surface area contributed by atoms with E-state index in [1.165, 1.54) is 17.0 Å². The van der Waals surface area contributed by atoms with E-state index >= 15 is 0 Å². The Morgan fingerprint density at radius 3 is 2.54 bits per heavy atom. The fourth-order valence-electron chi connectivity index (χ4n) is 1.90. The Labute approximate surface area is 144 Å². The smallest absolute Gasteiger partial charge is 0.232 e. The van der Waals surface area contributed by atoms with Gasteiger partial charge in [0.25, 0.3) is 0 Å². The summed E-state index contributed by atoms with van der Waals surface area (Å²) in [6.07, 6.45) is 0. The van der Waals surface area contributed by atoms with E-state index in [-0.39, 0.29) is 16.6 Å². The third-order valence-electron chi connectivity index (χ3n) is 3.39. The van der Waals surface area contributed by atoms with Crippen molar-refractivity contribution in [3.63, 3.8) is 0 Å². The Balaban J connectivity index is 1.74. The van der Waals surface area contributed by atoms with Crippen LogP contribution in [0.1, 0.15) is 5.56 Å². The van der Waals surface area contributed by atoms with Gasteiger partial charge in [-0.2, -0.15) is 0 Å². The highest BCUT2D eigenvalue weighted by molar-refractivity contribution is 8.00. The van der Waals surface area contributed by atoms with Crippen LogP contribution < -0.4 is 4.74 Å². The highest BCUT2D eigenvalue weighted by Gasteiger charge is 2.11. The maximum Gasteiger partial charge on any atom is 0.232 e. The lowest BCUT2D eigenvalue weighted by Gasteiger charge is -2.17. The molecule has 1 amide bonds. The van der Waals surface area contributed by atoms with Crippen LogP contribution in [-0.4, -0.2) is 36.8 Å². The third kappa shape index (κ3) is 5.53. The number of benzene rings is 2. The zero-order valence-electron chi connectivity index (χ0n) is 13.6. The number of ether oxygens (including phenoxy) is 1. The number of amides is 1. The lowest BCUT2D eigenvalue weighted by molar-refractivity contribution is -0.127. The summed E-state index contributed by atoms with van der Waals surface area (Å²) in [5.41, 5.74) is 1.15. The van der Waals surface area contributed by atoms with Crippen LogP contribution in [0, 0.1) is 18.6 Å². The molecule has 24 heavy (non-hydrogen) atoms. The van der Waals surface area contributed by atoms with E-state index in [9.17, 15) is 13.6 Å². The number of carbonyl (C=O) groups excluding carboxylic acids is 1. The minimum atomic E-state index is -0.654. The summed E-state index contributed by atoms with van der Waals surface area (Å²) in [7, 11) is 1.67. The van der Waals surface area contributed by atoms with Crippen molar-refractivity contribution in [3.05, 3.63) is 59.7 Å². The topological polar surface area (TPSA) is 29.5 Å². The average molecular weight is 351 g/mol. The average Bonchev–Trinajstić information content (AvgIpc) is 2.55. The van der Waals surface area contributed by atoms with Crippen LogP contribution >= 0.6 is 11.8 Å².